The molecule has 0 spiro atoms. The molecule has 7 nitrogen and oxygen atoms in total. The van der Waals surface area contributed by atoms with Gasteiger partial charge in [-0.25, -0.2) is 4.79 Å². The van der Waals surface area contributed by atoms with Gasteiger partial charge in [-0.15, -0.1) is 13.2 Å². The van der Waals surface area contributed by atoms with Crippen LogP contribution in [-0.2, 0) is 4.74 Å². The van der Waals surface area contributed by atoms with E-state index >= 15 is 0 Å². The van der Waals surface area contributed by atoms with Gasteiger partial charge in [0.2, 0.25) is 0 Å². The summed E-state index contributed by atoms with van der Waals surface area (Å²) < 4.78 is 43.2. The Bertz CT molecular complexity index is 516. The Labute approximate surface area is 109 Å². The average molecular weight is 295 g/mol. The summed E-state index contributed by atoms with van der Waals surface area (Å²) >= 11 is 0. The third-order valence-corrected chi connectivity index (χ3v) is 2.01. The molecule has 0 aliphatic carbocycles. The van der Waals surface area contributed by atoms with Crippen molar-refractivity contribution in [3.63, 3.8) is 0 Å². The van der Waals surface area contributed by atoms with Gasteiger partial charge in [0.25, 0.3) is 5.69 Å². The van der Waals surface area contributed by atoms with Crippen LogP contribution >= 0.6 is 0 Å². The molecule has 0 heterocycles. The number of benzene rings is 1. The van der Waals surface area contributed by atoms with E-state index in [0.717, 1.165) is 18.2 Å². The lowest BCUT2D eigenvalue weighted by atomic mass is 10.2. The molecule has 0 radical (unpaired) electrons. The van der Waals surface area contributed by atoms with Gasteiger partial charge in [-0.3, -0.25) is 14.9 Å². The number of halogens is 3. The Kier molecular flexibility index (Phi) is 4.86. The molecular formula is C10H8F3NO6. The number of hydrogen-bond donors (Lipinski definition) is 1. The summed E-state index contributed by atoms with van der Waals surface area (Å²) in [4.78, 5) is 20.5. The molecule has 0 aliphatic rings. The lowest BCUT2D eigenvalue weighted by molar-refractivity contribution is -0.385. The van der Waals surface area contributed by atoms with Crippen LogP contribution in [0.1, 0.15) is 10.4 Å². The van der Waals surface area contributed by atoms with Crippen molar-refractivity contribution < 1.29 is 37.5 Å². The first-order chi connectivity index (χ1) is 9.20. The zero-order valence-corrected chi connectivity index (χ0v) is 9.72. The summed E-state index contributed by atoms with van der Waals surface area (Å²) in [6.45, 7) is -1.28. The number of ether oxygens (including phenoxy) is 2. The fourth-order valence-electron chi connectivity index (χ4n) is 1.25. The number of nitrogens with zero attached hydrogens (tertiary/aromatic N) is 1. The topological polar surface area (TPSA) is 98.9 Å². The highest BCUT2D eigenvalue weighted by Gasteiger charge is 2.28. The second-order valence-electron chi connectivity index (χ2n) is 3.38. The summed E-state index contributed by atoms with van der Waals surface area (Å²) in [6.07, 6.45) is -4.79. The molecule has 0 atom stereocenters. The van der Waals surface area contributed by atoms with Gasteiger partial charge < -0.3 is 9.84 Å². The molecule has 0 amide bonds. The van der Waals surface area contributed by atoms with E-state index < -0.39 is 41.7 Å². The lowest BCUT2D eigenvalue weighted by Gasteiger charge is -2.09. The molecule has 1 N–H and O–H groups in total. The van der Waals surface area contributed by atoms with Gasteiger partial charge >= 0.3 is 12.3 Å². The Balaban J connectivity index is 2.71. The van der Waals surface area contributed by atoms with Crippen LogP contribution in [0.25, 0.3) is 0 Å². The summed E-state index contributed by atoms with van der Waals surface area (Å²) in [5.41, 5.74) is -1.26. The van der Waals surface area contributed by atoms with Crippen LogP contribution < -0.4 is 4.74 Å². The molecular weight excluding hydrogens is 287 g/mol. The third kappa shape index (κ3) is 4.72. The molecule has 0 aromatic heterocycles. The number of hydrogen-bond acceptors (Lipinski definition) is 5. The lowest BCUT2D eigenvalue weighted by Crippen LogP contribution is -2.18. The van der Waals surface area contributed by atoms with Crippen molar-refractivity contribution >= 4 is 11.7 Å². The van der Waals surface area contributed by atoms with E-state index in [1.165, 1.54) is 0 Å². The minimum absolute atomic E-state index is 0.112. The Hall–Kier alpha value is -2.36. The third-order valence-electron chi connectivity index (χ3n) is 2.01. The van der Waals surface area contributed by atoms with Crippen molar-refractivity contribution in [1.82, 2.24) is 0 Å². The van der Waals surface area contributed by atoms with Crippen LogP contribution in [0.4, 0.5) is 18.9 Å². The van der Waals surface area contributed by atoms with Crippen LogP contribution in [0.2, 0.25) is 0 Å². The minimum Gasteiger partial charge on any atom is -0.491 e. The zero-order valence-electron chi connectivity index (χ0n) is 9.72. The number of rotatable bonds is 6. The summed E-state index contributed by atoms with van der Waals surface area (Å²) in [7, 11) is 0. The molecule has 110 valence electrons. The van der Waals surface area contributed by atoms with Gasteiger partial charge in [0, 0.05) is 12.1 Å². The van der Waals surface area contributed by atoms with Crippen molar-refractivity contribution in [2.75, 3.05) is 13.2 Å². The van der Waals surface area contributed by atoms with E-state index in [-0.39, 0.29) is 5.75 Å². The first-order valence-electron chi connectivity index (χ1n) is 5.06. The maximum atomic E-state index is 11.7. The van der Waals surface area contributed by atoms with E-state index in [1.54, 1.807) is 0 Å². The maximum absolute atomic E-state index is 11.7. The molecule has 0 fully saturated rings. The van der Waals surface area contributed by atoms with E-state index in [4.69, 9.17) is 9.84 Å². The van der Waals surface area contributed by atoms with E-state index in [1.807, 2.05) is 0 Å². The first kappa shape index (κ1) is 15.7. The van der Waals surface area contributed by atoms with E-state index in [0.29, 0.717) is 0 Å². The van der Waals surface area contributed by atoms with E-state index in [9.17, 15) is 28.1 Å². The van der Waals surface area contributed by atoms with Crippen molar-refractivity contribution in [3.8, 4) is 5.75 Å². The zero-order chi connectivity index (χ0) is 15.3. The monoisotopic (exact) mass is 295 g/mol. The number of carbonyl (C=O) groups is 1. The van der Waals surface area contributed by atoms with Gasteiger partial charge in [0.05, 0.1) is 11.5 Å². The molecule has 0 bridgehead atoms. The number of carboxylic acids is 1. The summed E-state index contributed by atoms with van der Waals surface area (Å²) in [6, 6.07) is 2.83. The highest BCUT2D eigenvalue weighted by atomic mass is 19.4. The highest BCUT2D eigenvalue weighted by molar-refractivity contribution is 5.92. The molecule has 20 heavy (non-hydrogen) atoms. The van der Waals surface area contributed by atoms with Crippen molar-refractivity contribution in [1.29, 1.82) is 0 Å². The molecule has 10 heteroatoms. The van der Waals surface area contributed by atoms with Gasteiger partial charge in [-0.2, -0.15) is 0 Å². The van der Waals surface area contributed by atoms with Crippen molar-refractivity contribution in [2.24, 2.45) is 0 Å². The predicted molar refractivity (Wildman–Crippen MR) is 57.6 cm³/mol. The predicted octanol–water partition coefficient (Wildman–Crippen LogP) is 2.21. The van der Waals surface area contributed by atoms with Crippen LogP contribution in [0.15, 0.2) is 18.2 Å². The van der Waals surface area contributed by atoms with Crippen LogP contribution in [0, 0.1) is 10.1 Å². The van der Waals surface area contributed by atoms with Crippen molar-refractivity contribution in [3.05, 3.63) is 33.9 Å². The van der Waals surface area contributed by atoms with Gasteiger partial charge in [0.15, 0.2) is 0 Å². The largest absolute Gasteiger partial charge is 0.522 e. The smallest absolute Gasteiger partial charge is 0.491 e. The number of aromatic carboxylic acids is 1. The molecule has 0 saturated carbocycles. The quantitative estimate of drug-likeness (QED) is 0.490. The van der Waals surface area contributed by atoms with E-state index in [2.05, 4.69) is 4.74 Å². The number of carboxylic acid groups (broad SMARTS) is 1. The van der Waals surface area contributed by atoms with Gasteiger partial charge in [0.1, 0.15) is 17.9 Å². The highest BCUT2D eigenvalue weighted by Crippen LogP contribution is 2.24. The summed E-state index contributed by atoms with van der Waals surface area (Å²) in [5, 5.41) is 19.3. The first-order valence-corrected chi connectivity index (χ1v) is 5.06. The fraction of sp³-hybridized carbons (Fsp3) is 0.300. The second-order valence-corrected chi connectivity index (χ2v) is 3.38. The fourth-order valence-corrected chi connectivity index (χ4v) is 1.25. The summed E-state index contributed by atoms with van der Waals surface area (Å²) in [5.74, 6) is -1.66. The molecule has 1 aromatic rings. The molecule has 0 aliphatic heterocycles. The maximum Gasteiger partial charge on any atom is 0.522 e. The molecule has 0 saturated heterocycles. The normalized spacial score (nSPS) is 11.2. The van der Waals surface area contributed by atoms with Gasteiger partial charge in [-0.05, 0) is 6.07 Å². The SMILES string of the molecule is O=C(O)c1cc(OCCOC(F)(F)F)ccc1[N+](=O)[O-]. The van der Waals surface area contributed by atoms with Crippen LogP contribution in [0.5, 0.6) is 5.75 Å². The van der Waals surface area contributed by atoms with Crippen molar-refractivity contribution in [2.45, 2.75) is 6.36 Å². The molecule has 1 rings (SSSR count). The average Bonchev–Trinajstić information content (AvgIpc) is 2.33. The molecule has 1 aromatic carbocycles. The molecule has 0 unspecified atom stereocenters. The Morgan fingerprint density at radius 1 is 1.35 bits per heavy atom. The van der Waals surface area contributed by atoms with Crippen LogP contribution in [-0.4, -0.2) is 35.6 Å². The number of nitro groups is 1. The Morgan fingerprint density at radius 2 is 2.00 bits per heavy atom. The Morgan fingerprint density at radius 3 is 2.50 bits per heavy atom. The second kappa shape index (κ2) is 6.19. The number of alkyl halides is 3. The van der Waals surface area contributed by atoms with Gasteiger partial charge in [-0.1, -0.05) is 0 Å². The minimum atomic E-state index is -4.79. The standard InChI is InChI=1S/C10H8F3NO6/c11-10(12,13)20-4-3-19-6-1-2-8(14(17)18)7(5-6)9(15)16/h1-2,5H,3-4H2,(H,15,16). The number of nitro benzene ring substituents is 1. The van der Waals surface area contributed by atoms with Crippen LogP contribution in [0.3, 0.4) is 0 Å².